The average molecular weight is 492 g/mol. The van der Waals surface area contributed by atoms with Crippen molar-refractivity contribution >= 4 is 38.3 Å². The monoisotopic (exact) mass is 491 g/mol. The lowest BCUT2D eigenvalue weighted by atomic mass is 10.2. The minimum Gasteiger partial charge on any atom is -0.497 e. The molecule has 2 aromatic heterocycles. The summed E-state index contributed by atoms with van der Waals surface area (Å²) in [5.74, 6) is 0.335. The number of nitrogens with one attached hydrogen (secondary N) is 1. The van der Waals surface area contributed by atoms with E-state index in [1.54, 1.807) is 49.8 Å². The highest BCUT2D eigenvalue weighted by atomic mass is 32.2. The highest BCUT2D eigenvalue weighted by molar-refractivity contribution is 7.90. The molecule has 0 radical (unpaired) electrons. The molecule has 4 aromatic rings. The number of carbonyl (C=O) groups is 1. The van der Waals surface area contributed by atoms with Crippen LogP contribution in [0, 0.1) is 0 Å². The smallest absolute Gasteiger partial charge is 0.250 e. The summed E-state index contributed by atoms with van der Waals surface area (Å²) in [6.07, 6.45) is 6.13. The number of hydrogen-bond donors (Lipinski definition) is 1. The molecule has 1 N–H and O–H groups in total. The number of aromatic nitrogens is 2. The Labute approximate surface area is 201 Å². The van der Waals surface area contributed by atoms with Gasteiger partial charge in [-0.05, 0) is 65.7 Å². The topological polar surface area (TPSA) is 98.2 Å². The lowest BCUT2D eigenvalue weighted by Gasteiger charge is -2.05. The van der Waals surface area contributed by atoms with Gasteiger partial charge in [0.2, 0.25) is 5.91 Å². The van der Waals surface area contributed by atoms with E-state index >= 15 is 0 Å². The number of ether oxygens (including phenoxy) is 1. The van der Waals surface area contributed by atoms with Crippen LogP contribution in [-0.4, -0.2) is 31.4 Å². The van der Waals surface area contributed by atoms with Gasteiger partial charge in [0.1, 0.15) is 5.75 Å². The van der Waals surface area contributed by atoms with Crippen LogP contribution in [0.25, 0.3) is 17.3 Å². The first-order valence-corrected chi connectivity index (χ1v) is 12.8. The van der Waals surface area contributed by atoms with Gasteiger partial charge in [-0.1, -0.05) is 12.1 Å². The van der Waals surface area contributed by atoms with Gasteiger partial charge < -0.3 is 4.74 Å². The highest BCUT2D eigenvalue weighted by Crippen LogP contribution is 2.26. The van der Waals surface area contributed by atoms with E-state index in [-0.39, 0.29) is 16.6 Å². The van der Waals surface area contributed by atoms with Crippen molar-refractivity contribution in [1.82, 2.24) is 9.97 Å². The molecular weight excluding hydrogens is 470 g/mol. The van der Waals surface area contributed by atoms with Gasteiger partial charge >= 0.3 is 0 Å². The molecule has 172 valence electrons. The Hall–Kier alpha value is -3.82. The first-order chi connectivity index (χ1) is 16.4. The van der Waals surface area contributed by atoms with Crippen molar-refractivity contribution in [2.24, 2.45) is 0 Å². The molecule has 2 heterocycles. The van der Waals surface area contributed by atoms with Crippen LogP contribution in [0.2, 0.25) is 0 Å². The second-order valence-electron chi connectivity index (χ2n) is 7.27. The molecule has 0 atom stereocenters. The third kappa shape index (κ3) is 5.94. The van der Waals surface area contributed by atoms with Crippen LogP contribution < -0.4 is 10.1 Å². The summed E-state index contributed by atoms with van der Waals surface area (Å²) >= 11 is 1.33. The van der Waals surface area contributed by atoms with E-state index in [9.17, 15) is 13.2 Å². The predicted octanol–water partition coefficient (Wildman–Crippen LogP) is 4.84. The van der Waals surface area contributed by atoms with Gasteiger partial charge in [0, 0.05) is 29.4 Å². The minimum absolute atomic E-state index is 0.0978. The van der Waals surface area contributed by atoms with Crippen molar-refractivity contribution in [3.8, 4) is 17.0 Å². The van der Waals surface area contributed by atoms with Gasteiger partial charge in [0.05, 0.1) is 23.5 Å². The fraction of sp³-hybridized carbons (Fsp3) is 0.0800. The number of benzene rings is 2. The fourth-order valence-corrected chi connectivity index (χ4v) is 5.18. The van der Waals surface area contributed by atoms with Crippen LogP contribution in [0.15, 0.2) is 89.4 Å². The number of nitrogens with zero attached hydrogens (tertiary/aromatic N) is 2. The van der Waals surface area contributed by atoms with Crippen LogP contribution in [0.1, 0.15) is 11.1 Å². The van der Waals surface area contributed by atoms with Crippen molar-refractivity contribution in [3.05, 3.63) is 95.6 Å². The molecule has 2 aromatic carbocycles. The van der Waals surface area contributed by atoms with Gasteiger partial charge in [0.25, 0.3) is 0 Å². The molecule has 4 rings (SSSR count). The molecule has 0 aliphatic carbocycles. The van der Waals surface area contributed by atoms with Crippen LogP contribution >= 0.6 is 11.3 Å². The first-order valence-electron chi connectivity index (χ1n) is 10.2. The molecule has 0 fully saturated rings. The summed E-state index contributed by atoms with van der Waals surface area (Å²) in [6.45, 7) is 0. The zero-order chi connectivity index (χ0) is 24.0. The van der Waals surface area contributed by atoms with Crippen molar-refractivity contribution in [2.75, 3.05) is 12.4 Å². The summed E-state index contributed by atoms with van der Waals surface area (Å²) in [4.78, 5) is 20.9. The average Bonchev–Trinajstić information content (AvgIpc) is 3.32. The largest absolute Gasteiger partial charge is 0.497 e. The quantitative estimate of drug-likeness (QED) is 0.354. The molecule has 0 aliphatic heterocycles. The van der Waals surface area contributed by atoms with Crippen LogP contribution in [0.5, 0.6) is 5.75 Å². The number of methoxy groups -OCH3 is 1. The van der Waals surface area contributed by atoms with Crippen molar-refractivity contribution < 1.29 is 17.9 Å². The van der Waals surface area contributed by atoms with E-state index in [4.69, 9.17) is 4.74 Å². The van der Waals surface area contributed by atoms with Crippen molar-refractivity contribution in [3.63, 3.8) is 0 Å². The molecule has 0 aliphatic rings. The standard InChI is InChI=1S/C25H21N3O4S2/c1-32-21-7-5-20(6-8-21)23-16-33-25(27-23)28-24(29)11-4-18-2-9-22(10-3-18)34(30,31)17-19-12-14-26-15-13-19/h2-16H,17H2,1H3,(H,27,28,29)/b11-4+. The maximum Gasteiger partial charge on any atom is 0.250 e. The third-order valence-electron chi connectivity index (χ3n) is 4.89. The first kappa shape index (κ1) is 23.3. The Morgan fingerprint density at radius 2 is 1.74 bits per heavy atom. The molecule has 9 heteroatoms. The zero-order valence-electron chi connectivity index (χ0n) is 18.2. The van der Waals surface area contributed by atoms with E-state index in [1.807, 2.05) is 29.6 Å². The van der Waals surface area contributed by atoms with Crippen molar-refractivity contribution in [1.29, 1.82) is 0 Å². The number of sulfone groups is 1. The fourth-order valence-electron chi connectivity index (χ4n) is 3.11. The summed E-state index contributed by atoms with van der Waals surface area (Å²) in [5, 5.41) is 5.10. The zero-order valence-corrected chi connectivity index (χ0v) is 19.8. The summed E-state index contributed by atoms with van der Waals surface area (Å²) < 4.78 is 30.4. The summed E-state index contributed by atoms with van der Waals surface area (Å²) in [7, 11) is -1.86. The van der Waals surface area contributed by atoms with Crippen molar-refractivity contribution in [2.45, 2.75) is 10.6 Å². The van der Waals surface area contributed by atoms with E-state index < -0.39 is 9.84 Å². The second kappa shape index (κ2) is 10.4. The number of thiazole rings is 1. The molecule has 0 saturated carbocycles. The lowest BCUT2D eigenvalue weighted by molar-refractivity contribution is -0.111. The molecule has 0 unspecified atom stereocenters. The van der Waals surface area contributed by atoms with E-state index in [0.717, 1.165) is 17.0 Å². The second-order valence-corrected chi connectivity index (χ2v) is 10.1. The van der Waals surface area contributed by atoms with E-state index in [1.165, 1.54) is 29.5 Å². The molecule has 1 amide bonds. The Kier molecular flexibility index (Phi) is 7.15. The number of carbonyl (C=O) groups excluding carboxylic acids is 1. The number of rotatable bonds is 8. The summed E-state index contributed by atoms with van der Waals surface area (Å²) in [5.41, 5.74) is 3.06. The van der Waals surface area contributed by atoms with E-state index in [0.29, 0.717) is 16.3 Å². The number of pyridine rings is 1. The molecule has 7 nitrogen and oxygen atoms in total. The Morgan fingerprint density at radius 3 is 2.41 bits per heavy atom. The van der Waals surface area contributed by atoms with Gasteiger partial charge in [-0.15, -0.1) is 11.3 Å². The van der Waals surface area contributed by atoms with Gasteiger partial charge in [-0.2, -0.15) is 0 Å². The SMILES string of the molecule is COc1ccc(-c2csc(NC(=O)/C=C/c3ccc(S(=O)(=O)Cc4ccncc4)cc3)n2)cc1. The maximum absolute atomic E-state index is 12.6. The Bertz CT molecular complexity index is 1400. The normalized spacial score (nSPS) is 11.4. The Morgan fingerprint density at radius 1 is 1.03 bits per heavy atom. The number of hydrogen-bond acceptors (Lipinski definition) is 7. The Balaban J connectivity index is 1.36. The van der Waals surface area contributed by atoms with E-state index in [2.05, 4.69) is 15.3 Å². The maximum atomic E-state index is 12.6. The van der Waals surface area contributed by atoms with Gasteiger partial charge in [0.15, 0.2) is 15.0 Å². The molecular formula is C25H21N3O4S2. The van der Waals surface area contributed by atoms with Crippen LogP contribution in [-0.2, 0) is 20.4 Å². The minimum atomic E-state index is -3.47. The third-order valence-corrected chi connectivity index (χ3v) is 7.35. The lowest BCUT2D eigenvalue weighted by Crippen LogP contribution is -2.07. The predicted molar refractivity (Wildman–Crippen MR) is 133 cm³/mol. The highest BCUT2D eigenvalue weighted by Gasteiger charge is 2.15. The van der Waals surface area contributed by atoms with Crippen LogP contribution in [0.3, 0.4) is 0 Å². The molecule has 0 bridgehead atoms. The molecule has 34 heavy (non-hydrogen) atoms. The number of anilines is 1. The molecule has 0 saturated heterocycles. The number of amides is 1. The summed E-state index contributed by atoms with van der Waals surface area (Å²) in [6, 6.07) is 17.3. The van der Waals surface area contributed by atoms with Gasteiger partial charge in [-0.25, -0.2) is 13.4 Å². The van der Waals surface area contributed by atoms with Crippen LogP contribution in [0.4, 0.5) is 5.13 Å². The molecule has 0 spiro atoms. The van der Waals surface area contributed by atoms with Gasteiger partial charge in [-0.3, -0.25) is 15.1 Å².